The van der Waals surface area contributed by atoms with Gasteiger partial charge < -0.3 is 9.47 Å². The van der Waals surface area contributed by atoms with E-state index in [0.29, 0.717) is 18.8 Å². The van der Waals surface area contributed by atoms with Crippen LogP contribution >= 0.6 is 0 Å². The van der Waals surface area contributed by atoms with Crippen molar-refractivity contribution in [2.24, 2.45) is 0 Å². The van der Waals surface area contributed by atoms with Crippen molar-refractivity contribution >= 4 is 5.97 Å². The second kappa shape index (κ2) is 5.54. The number of allylic oxidation sites excluding steroid dienone is 2. The average molecular weight is 208 g/mol. The number of hydrogen-bond donors (Lipinski definition) is 0. The first kappa shape index (κ1) is 11.8. The molecule has 15 heavy (non-hydrogen) atoms. The Kier molecular flexibility index (Phi) is 4.35. The molecule has 3 nitrogen and oxygen atoms in total. The van der Waals surface area contributed by atoms with Crippen LogP contribution in [-0.4, -0.2) is 25.3 Å². The van der Waals surface area contributed by atoms with Crippen LogP contribution in [0.25, 0.3) is 0 Å². The lowest BCUT2D eigenvalue weighted by molar-refractivity contribution is -0.139. The van der Waals surface area contributed by atoms with Gasteiger partial charge in [-0.15, -0.1) is 5.73 Å². The van der Waals surface area contributed by atoms with E-state index in [-0.39, 0.29) is 12.1 Å². The summed E-state index contributed by atoms with van der Waals surface area (Å²) in [5.74, 6) is -0.294. The van der Waals surface area contributed by atoms with E-state index in [4.69, 9.17) is 9.47 Å². The summed E-state index contributed by atoms with van der Waals surface area (Å²) < 4.78 is 9.93. The van der Waals surface area contributed by atoms with Gasteiger partial charge in [0.15, 0.2) is 0 Å². The van der Waals surface area contributed by atoms with E-state index in [1.54, 1.807) is 19.1 Å². The maximum Gasteiger partial charge on any atom is 0.333 e. The molecule has 1 fully saturated rings. The number of esters is 1. The van der Waals surface area contributed by atoms with Crippen molar-refractivity contribution in [2.75, 3.05) is 13.2 Å². The molecule has 0 aromatic carbocycles. The monoisotopic (exact) mass is 208 g/mol. The number of rotatable bonds is 4. The van der Waals surface area contributed by atoms with E-state index in [9.17, 15) is 4.79 Å². The van der Waals surface area contributed by atoms with Gasteiger partial charge in [-0.2, -0.15) is 0 Å². The summed E-state index contributed by atoms with van der Waals surface area (Å²) in [5.41, 5.74) is 4.63. The smallest absolute Gasteiger partial charge is 0.333 e. The van der Waals surface area contributed by atoms with E-state index in [2.05, 4.69) is 5.73 Å². The van der Waals surface area contributed by atoms with Gasteiger partial charge in [-0.3, -0.25) is 0 Å². The van der Waals surface area contributed by atoms with E-state index >= 15 is 0 Å². The summed E-state index contributed by atoms with van der Waals surface area (Å²) in [5, 5.41) is 0. The zero-order chi connectivity index (χ0) is 11.3. The molecule has 3 heteroatoms. The molecule has 0 N–H and O–H groups in total. The minimum absolute atomic E-state index is 0.120. The third kappa shape index (κ3) is 5.21. The highest BCUT2D eigenvalue weighted by atomic mass is 16.6. The Morgan fingerprint density at radius 2 is 2.20 bits per heavy atom. The van der Waals surface area contributed by atoms with Crippen LogP contribution in [0.1, 0.15) is 20.8 Å². The van der Waals surface area contributed by atoms with Gasteiger partial charge in [-0.05, 0) is 38.5 Å². The van der Waals surface area contributed by atoms with Crippen molar-refractivity contribution < 1.29 is 14.3 Å². The normalized spacial score (nSPS) is 19.1. The Hall–Kier alpha value is -1.31. The first-order chi connectivity index (χ1) is 7.09. The van der Waals surface area contributed by atoms with Gasteiger partial charge in [0, 0.05) is 5.57 Å². The van der Waals surface area contributed by atoms with Crippen molar-refractivity contribution in [3.05, 3.63) is 29.0 Å². The molecule has 0 aromatic rings. The molecule has 0 bridgehead atoms. The number of carbonyl (C=O) groups excluding carboxylic acids is 1. The Labute approximate surface area is 90.1 Å². The number of carbonyl (C=O) groups is 1. The molecule has 1 unspecified atom stereocenters. The number of hydrogen-bond acceptors (Lipinski definition) is 3. The van der Waals surface area contributed by atoms with Crippen LogP contribution in [0.5, 0.6) is 0 Å². The highest BCUT2D eigenvalue weighted by Crippen LogP contribution is 2.09. The fraction of sp³-hybridized carbons (Fsp3) is 0.500. The lowest BCUT2D eigenvalue weighted by Crippen LogP contribution is -2.10. The van der Waals surface area contributed by atoms with Crippen LogP contribution < -0.4 is 0 Å². The van der Waals surface area contributed by atoms with Gasteiger partial charge in [-0.25, -0.2) is 4.79 Å². The largest absolute Gasteiger partial charge is 0.459 e. The molecule has 1 atom stereocenters. The molecule has 0 spiro atoms. The van der Waals surface area contributed by atoms with Crippen molar-refractivity contribution in [3.63, 3.8) is 0 Å². The Morgan fingerprint density at radius 1 is 1.53 bits per heavy atom. The predicted molar refractivity (Wildman–Crippen MR) is 57.4 cm³/mol. The lowest BCUT2D eigenvalue weighted by Gasteiger charge is -2.00. The number of epoxide rings is 1. The Morgan fingerprint density at radius 3 is 2.73 bits per heavy atom. The molecule has 0 amide bonds. The topological polar surface area (TPSA) is 38.8 Å². The minimum atomic E-state index is -0.294. The summed E-state index contributed by atoms with van der Waals surface area (Å²) in [6.45, 7) is 6.67. The number of ether oxygens (including phenoxy) is 2. The van der Waals surface area contributed by atoms with Crippen molar-refractivity contribution in [1.82, 2.24) is 0 Å². The summed E-state index contributed by atoms with van der Waals surface area (Å²) in [4.78, 5) is 11.4. The third-order valence-corrected chi connectivity index (χ3v) is 1.83. The van der Waals surface area contributed by atoms with Crippen LogP contribution in [-0.2, 0) is 14.3 Å². The summed E-state index contributed by atoms with van der Waals surface area (Å²) in [7, 11) is 0. The Bertz CT molecular complexity index is 325. The maximum absolute atomic E-state index is 11.4. The molecule has 0 aliphatic carbocycles. The molecular weight excluding hydrogens is 192 g/mol. The second-order valence-electron chi connectivity index (χ2n) is 3.71. The molecule has 1 aliphatic rings. The zero-order valence-corrected chi connectivity index (χ0v) is 9.37. The molecule has 1 rings (SSSR count). The van der Waals surface area contributed by atoms with Gasteiger partial charge in [-0.1, -0.05) is 0 Å². The van der Waals surface area contributed by atoms with Crippen molar-refractivity contribution in [1.29, 1.82) is 0 Å². The predicted octanol–water partition coefficient (Wildman–Crippen LogP) is 2.00. The molecule has 1 aliphatic heterocycles. The summed E-state index contributed by atoms with van der Waals surface area (Å²) in [6, 6.07) is 0. The van der Waals surface area contributed by atoms with Crippen LogP contribution in [0.3, 0.4) is 0 Å². The second-order valence-corrected chi connectivity index (χ2v) is 3.71. The lowest BCUT2D eigenvalue weighted by atomic mass is 10.2. The third-order valence-electron chi connectivity index (χ3n) is 1.83. The van der Waals surface area contributed by atoms with Crippen LogP contribution in [0.2, 0.25) is 0 Å². The zero-order valence-electron chi connectivity index (χ0n) is 9.37. The molecule has 0 radical (unpaired) electrons. The molecule has 0 aromatic heterocycles. The molecule has 0 saturated carbocycles. The fourth-order valence-corrected chi connectivity index (χ4v) is 0.848. The van der Waals surface area contributed by atoms with Crippen LogP contribution in [0, 0.1) is 0 Å². The SMILES string of the molecule is CC(C)=C=CC=C(C)C(=O)OCC1CO1. The van der Waals surface area contributed by atoms with Crippen LogP contribution in [0.15, 0.2) is 29.0 Å². The standard InChI is InChI=1S/C12H16O3/c1-9(2)5-4-6-10(3)12(13)15-8-11-7-14-11/h4,6,11H,7-8H2,1-3H3. The van der Waals surface area contributed by atoms with Gasteiger partial charge in [0.2, 0.25) is 0 Å². The van der Waals surface area contributed by atoms with Crippen molar-refractivity contribution in [2.45, 2.75) is 26.9 Å². The van der Waals surface area contributed by atoms with E-state index in [1.807, 2.05) is 13.8 Å². The van der Waals surface area contributed by atoms with Gasteiger partial charge >= 0.3 is 5.97 Å². The highest BCUT2D eigenvalue weighted by molar-refractivity contribution is 5.88. The summed E-state index contributed by atoms with van der Waals surface area (Å²) >= 11 is 0. The maximum atomic E-state index is 11.4. The first-order valence-corrected chi connectivity index (χ1v) is 4.95. The first-order valence-electron chi connectivity index (χ1n) is 4.95. The molecule has 1 heterocycles. The fourth-order valence-electron chi connectivity index (χ4n) is 0.848. The average Bonchev–Trinajstić information content (AvgIpc) is 2.96. The van der Waals surface area contributed by atoms with Gasteiger partial charge in [0.1, 0.15) is 12.7 Å². The molecule has 1 saturated heterocycles. The minimum Gasteiger partial charge on any atom is -0.459 e. The molecule has 82 valence electrons. The van der Waals surface area contributed by atoms with E-state index in [1.165, 1.54) is 0 Å². The summed E-state index contributed by atoms with van der Waals surface area (Å²) in [6.07, 6.45) is 3.54. The van der Waals surface area contributed by atoms with Crippen LogP contribution in [0.4, 0.5) is 0 Å². The van der Waals surface area contributed by atoms with Gasteiger partial charge in [0.05, 0.1) is 6.61 Å². The van der Waals surface area contributed by atoms with Crippen molar-refractivity contribution in [3.8, 4) is 0 Å². The quantitative estimate of drug-likeness (QED) is 0.233. The van der Waals surface area contributed by atoms with Gasteiger partial charge in [0.25, 0.3) is 0 Å². The highest BCUT2D eigenvalue weighted by Gasteiger charge is 2.24. The Balaban J connectivity index is 2.39. The van der Waals surface area contributed by atoms with E-state index in [0.717, 1.165) is 5.57 Å². The molecular formula is C12H16O3. The van der Waals surface area contributed by atoms with E-state index < -0.39 is 0 Å².